The largest absolute Gasteiger partial charge is 0.293 e. The van der Waals surface area contributed by atoms with E-state index in [1.54, 1.807) is 18.2 Å². The molecule has 0 aromatic heterocycles. The van der Waals surface area contributed by atoms with Gasteiger partial charge < -0.3 is 0 Å². The van der Waals surface area contributed by atoms with Crippen LogP contribution in [0.15, 0.2) is 41.3 Å². The zero-order chi connectivity index (χ0) is 18.1. The summed E-state index contributed by atoms with van der Waals surface area (Å²) in [6.45, 7) is -0.0640. The van der Waals surface area contributed by atoms with Crippen LogP contribution >= 0.6 is 46.6 Å². The maximum absolute atomic E-state index is 13.9. The number of hydrogen-bond donors (Lipinski definition) is 0. The zero-order valence-electron chi connectivity index (χ0n) is 12.4. The van der Waals surface area contributed by atoms with Crippen molar-refractivity contribution in [2.24, 2.45) is 0 Å². The first kappa shape index (κ1) is 18.3. The average molecular weight is 417 g/mol. The van der Waals surface area contributed by atoms with E-state index in [1.165, 1.54) is 24.3 Å². The lowest BCUT2D eigenvalue weighted by atomic mass is 10.2. The fourth-order valence-electron chi connectivity index (χ4n) is 2.26. The van der Waals surface area contributed by atoms with Gasteiger partial charge in [0, 0.05) is 21.2 Å². The maximum Gasteiger partial charge on any atom is 0.293 e. The number of halogens is 4. The van der Waals surface area contributed by atoms with E-state index in [9.17, 15) is 14.0 Å². The first-order chi connectivity index (χ1) is 11.9. The molecule has 2 aromatic carbocycles. The number of benzene rings is 2. The Kier molecular flexibility index (Phi) is 5.39. The first-order valence-corrected chi connectivity index (χ1v) is 8.96. The quantitative estimate of drug-likeness (QED) is 0.574. The monoisotopic (exact) mass is 415 g/mol. The fraction of sp³-hybridized carbons (Fsp3) is 0.0588. The van der Waals surface area contributed by atoms with E-state index in [-0.39, 0.29) is 22.0 Å². The van der Waals surface area contributed by atoms with E-state index in [0.717, 1.165) is 4.90 Å². The highest BCUT2D eigenvalue weighted by molar-refractivity contribution is 8.18. The predicted molar refractivity (Wildman–Crippen MR) is 99.4 cm³/mol. The summed E-state index contributed by atoms with van der Waals surface area (Å²) in [6, 6.07) is 9.10. The number of hydrogen-bond acceptors (Lipinski definition) is 3. The van der Waals surface area contributed by atoms with Crippen molar-refractivity contribution < 1.29 is 14.0 Å². The number of amides is 2. The zero-order valence-corrected chi connectivity index (χ0v) is 15.5. The van der Waals surface area contributed by atoms with E-state index in [1.807, 2.05) is 0 Å². The molecule has 128 valence electrons. The Morgan fingerprint density at radius 1 is 1.00 bits per heavy atom. The standard InChI is InChI=1S/C17H9Cl3FNO2S/c18-11-5-2-6-14(21)9(11)7-15-16(23)22(17(24)25-15)8-10-12(19)3-1-4-13(10)20/h1-7H,8H2/b15-7-. The lowest BCUT2D eigenvalue weighted by molar-refractivity contribution is -0.123. The summed E-state index contributed by atoms with van der Waals surface area (Å²) in [6.07, 6.45) is 1.27. The smallest absolute Gasteiger partial charge is 0.268 e. The minimum Gasteiger partial charge on any atom is -0.268 e. The summed E-state index contributed by atoms with van der Waals surface area (Å²) in [4.78, 5) is 25.8. The highest BCUT2D eigenvalue weighted by atomic mass is 35.5. The molecule has 0 bridgehead atoms. The van der Waals surface area contributed by atoms with Crippen molar-refractivity contribution in [1.82, 2.24) is 4.90 Å². The van der Waals surface area contributed by atoms with Gasteiger partial charge in [-0.3, -0.25) is 14.5 Å². The van der Waals surface area contributed by atoms with Crippen LogP contribution in [0.3, 0.4) is 0 Å². The van der Waals surface area contributed by atoms with Crippen LogP contribution in [-0.4, -0.2) is 16.0 Å². The van der Waals surface area contributed by atoms with E-state index in [2.05, 4.69) is 0 Å². The Morgan fingerprint density at radius 2 is 1.60 bits per heavy atom. The van der Waals surface area contributed by atoms with Gasteiger partial charge in [0.05, 0.1) is 16.5 Å². The highest BCUT2D eigenvalue weighted by Crippen LogP contribution is 2.36. The molecule has 1 heterocycles. The number of nitrogens with zero attached hydrogens (tertiary/aromatic N) is 1. The molecule has 0 aliphatic carbocycles. The van der Waals surface area contributed by atoms with Crippen LogP contribution in [0, 0.1) is 5.82 Å². The molecule has 1 aliphatic rings. The molecule has 1 aliphatic heterocycles. The van der Waals surface area contributed by atoms with Gasteiger partial charge in [0.2, 0.25) is 0 Å². The molecule has 3 rings (SSSR count). The molecular formula is C17H9Cl3FNO2S. The molecule has 0 N–H and O–H groups in total. The van der Waals surface area contributed by atoms with Crippen LogP contribution in [0.4, 0.5) is 9.18 Å². The third-order valence-corrected chi connectivity index (χ3v) is 5.47. The van der Waals surface area contributed by atoms with Gasteiger partial charge in [-0.2, -0.15) is 0 Å². The van der Waals surface area contributed by atoms with E-state index >= 15 is 0 Å². The SMILES string of the molecule is O=C1S/C(=C\c2c(F)cccc2Cl)C(=O)N1Cc1c(Cl)cccc1Cl. The molecule has 8 heteroatoms. The topological polar surface area (TPSA) is 37.4 Å². The summed E-state index contributed by atoms with van der Waals surface area (Å²) in [5.74, 6) is -1.13. The van der Waals surface area contributed by atoms with Crippen LogP contribution in [0.5, 0.6) is 0 Å². The second kappa shape index (κ2) is 7.38. The first-order valence-electron chi connectivity index (χ1n) is 7.00. The normalized spacial score (nSPS) is 16.2. The molecule has 0 unspecified atom stereocenters. The van der Waals surface area contributed by atoms with Crippen molar-refractivity contribution >= 4 is 63.8 Å². The van der Waals surface area contributed by atoms with Gasteiger partial charge in [0.1, 0.15) is 5.82 Å². The molecule has 1 saturated heterocycles. The lowest BCUT2D eigenvalue weighted by Gasteiger charge is -2.14. The number of carbonyl (C=O) groups is 2. The minimum absolute atomic E-state index is 0.0606. The van der Waals surface area contributed by atoms with E-state index in [4.69, 9.17) is 34.8 Å². The van der Waals surface area contributed by atoms with Crippen molar-refractivity contribution in [2.45, 2.75) is 6.54 Å². The van der Waals surface area contributed by atoms with Gasteiger partial charge in [-0.1, -0.05) is 46.9 Å². The molecule has 0 atom stereocenters. The Hall–Kier alpha value is -1.53. The Morgan fingerprint density at radius 3 is 2.24 bits per heavy atom. The molecule has 2 aromatic rings. The number of imide groups is 1. The molecule has 1 fully saturated rings. The van der Waals surface area contributed by atoms with Crippen LogP contribution in [0.25, 0.3) is 6.08 Å². The maximum atomic E-state index is 13.9. The molecular weight excluding hydrogens is 408 g/mol. The molecule has 0 saturated carbocycles. The third-order valence-electron chi connectivity index (χ3n) is 3.53. The Balaban J connectivity index is 1.92. The number of carbonyl (C=O) groups excluding carboxylic acids is 2. The number of rotatable bonds is 3. The van der Waals surface area contributed by atoms with Gasteiger partial charge in [0.15, 0.2) is 0 Å². The van der Waals surface area contributed by atoms with Crippen LogP contribution < -0.4 is 0 Å². The molecule has 25 heavy (non-hydrogen) atoms. The van der Waals surface area contributed by atoms with Gasteiger partial charge in [-0.15, -0.1) is 0 Å². The van der Waals surface area contributed by atoms with Crippen molar-refractivity contribution in [3.05, 3.63) is 73.3 Å². The average Bonchev–Trinajstić information content (AvgIpc) is 2.81. The van der Waals surface area contributed by atoms with Crippen molar-refractivity contribution in [2.75, 3.05) is 0 Å². The predicted octanol–water partition coefficient (Wildman–Crippen LogP) is 6.02. The van der Waals surface area contributed by atoms with Crippen LogP contribution in [0.1, 0.15) is 11.1 Å². The molecule has 2 amide bonds. The van der Waals surface area contributed by atoms with Crippen molar-refractivity contribution in [1.29, 1.82) is 0 Å². The highest BCUT2D eigenvalue weighted by Gasteiger charge is 2.36. The van der Waals surface area contributed by atoms with Gasteiger partial charge >= 0.3 is 0 Å². The van der Waals surface area contributed by atoms with Gasteiger partial charge in [-0.25, -0.2) is 4.39 Å². The molecule has 0 radical (unpaired) electrons. The fourth-order valence-corrected chi connectivity index (χ4v) is 3.81. The summed E-state index contributed by atoms with van der Waals surface area (Å²) >= 11 is 18.9. The second-order valence-electron chi connectivity index (χ2n) is 5.10. The van der Waals surface area contributed by atoms with Crippen LogP contribution in [-0.2, 0) is 11.3 Å². The summed E-state index contributed by atoms with van der Waals surface area (Å²) < 4.78 is 13.9. The second-order valence-corrected chi connectivity index (χ2v) is 7.32. The van der Waals surface area contributed by atoms with E-state index in [0.29, 0.717) is 27.4 Å². The molecule has 0 spiro atoms. The minimum atomic E-state index is -0.576. The van der Waals surface area contributed by atoms with Gasteiger partial charge in [-0.05, 0) is 42.1 Å². The molecule has 3 nitrogen and oxygen atoms in total. The van der Waals surface area contributed by atoms with Crippen molar-refractivity contribution in [3.8, 4) is 0 Å². The Labute approximate surface area is 162 Å². The van der Waals surface area contributed by atoms with Crippen LogP contribution in [0.2, 0.25) is 15.1 Å². The Bertz CT molecular complexity index is 876. The summed E-state index contributed by atoms with van der Waals surface area (Å²) in [5.41, 5.74) is 0.531. The van der Waals surface area contributed by atoms with Gasteiger partial charge in [0.25, 0.3) is 11.1 Å². The van der Waals surface area contributed by atoms with E-state index < -0.39 is 17.0 Å². The number of thioether (sulfide) groups is 1. The lowest BCUT2D eigenvalue weighted by Crippen LogP contribution is -2.27. The third kappa shape index (κ3) is 3.70. The summed E-state index contributed by atoms with van der Waals surface area (Å²) in [5, 5.41) is 0.376. The van der Waals surface area contributed by atoms with Crippen molar-refractivity contribution in [3.63, 3.8) is 0 Å². The summed E-state index contributed by atoms with van der Waals surface area (Å²) in [7, 11) is 0.